The molecule has 1 amide bonds. The standard InChI is InChI=1S/C21H18ClF3N4O2/c1-2-10-28-19(15-6-8-17(22)9-7-15)27-29(20(28)31)13-18(30)26-12-14-4-3-5-16(11-14)21(23,24)25/h2-9,11H,1,10,12-13H2,(H,26,30). The van der Waals surface area contributed by atoms with E-state index in [4.69, 9.17) is 11.6 Å². The molecule has 0 unspecified atom stereocenters. The SMILES string of the molecule is C=CCn1c(-c2ccc(Cl)cc2)nn(CC(=O)NCc2cccc(C(F)(F)F)c2)c1=O. The quantitative estimate of drug-likeness (QED) is 0.555. The first-order valence-electron chi connectivity index (χ1n) is 9.16. The van der Waals surface area contributed by atoms with Gasteiger partial charge in [-0.25, -0.2) is 9.48 Å². The van der Waals surface area contributed by atoms with Crippen LogP contribution in [0.3, 0.4) is 0 Å². The molecular formula is C21H18ClF3N4O2. The number of rotatable bonds is 7. The Morgan fingerprint density at radius 1 is 1.19 bits per heavy atom. The molecule has 0 radical (unpaired) electrons. The molecule has 0 aliphatic carbocycles. The van der Waals surface area contributed by atoms with Crippen LogP contribution in [0.5, 0.6) is 0 Å². The summed E-state index contributed by atoms with van der Waals surface area (Å²) in [5.74, 6) is -0.224. The van der Waals surface area contributed by atoms with Crippen LogP contribution in [-0.4, -0.2) is 20.3 Å². The molecule has 6 nitrogen and oxygen atoms in total. The van der Waals surface area contributed by atoms with E-state index < -0.39 is 23.3 Å². The Morgan fingerprint density at radius 2 is 1.90 bits per heavy atom. The Hall–Kier alpha value is -3.33. The summed E-state index contributed by atoms with van der Waals surface area (Å²) in [6.07, 6.45) is -2.94. The molecular weight excluding hydrogens is 433 g/mol. The van der Waals surface area contributed by atoms with Gasteiger partial charge in [-0.15, -0.1) is 11.7 Å². The molecule has 10 heteroatoms. The summed E-state index contributed by atoms with van der Waals surface area (Å²) in [7, 11) is 0. The zero-order valence-electron chi connectivity index (χ0n) is 16.2. The van der Waals surface area contributed by atoms with Crippen LogP contribution in [0.25, 0.3) is 11.4 Å². The molecule has 1 heterocycles. The molecule has 0 spiro atoms. The third-order valence-electron chi connectivity index (χ3n) is 4.37. The lowest BCUT2D eigenvalue weighted by Gasteiger charge is -2.09. The average Bonchev–Trinajstić information content (AvgIpc) is 3.02. The monoisotopic (exact) mass is 450 g/mol. The minimum absolute atomic E-state index is 0.116. The van der Waals surface area contributed by atoms with E-state index in [-0.39, 0.29) is 25.2 Å². The smallest absolute Gasteiger partial charge is 0.350 e. The first-order chi connectivity index (χ1) is 14.7. The average molecular weight is 451 g/mol. The maximum atomic E-state index is 12.8. The predicted molar refractivity (Wildman–Crippen MR) is 110 cm³/mol. The van der Waals surface area contributed by atoms with Gasteiger partial charge in [0.2, 0.25) is 5.91 Å². The van der Waals surface area contributed by atoms with Crippen LogP contribution in [0.4, 0.5) is 13.2 Å². The van der Waals surface area contributed by atoms with E-state index >= 15 is 0 Å². The van der Waals surface area contributed by atoms with Gasteiger partial charge in [0.25, 0.3) is 0 Å². The molecule has 0 aliphatic rings. The number of hydrogen-bond acceptors (Lipinski definition) is 3. The first kappa shape index (κ1) is 22.4. The van der Waals surface area contributed by atoms with Crippen molar-refractivity contribution in [1.29, 1.82) is 0 Å². The van der Waals surface area contributed by atoms with Crippen LogP contribution >= 0.6 is 11.6 Å². The van der Waals surface area contributed by atoms with E-state index in [2.05, 4.69) is 17.0 Å². The highest BCUT2D eigenvalue weighted by molar-refractivity contribution is 6.30. The largest absolute Gasteiger partial charge is 0.416 e. The predicted octanol–water partition coefficient (Wildman–Crippen LogP) is 3.89. The lowest BCUT2D eigenvalue weighted by atomic mass is 10.1. The van der Waals surface area contributed by atoms with Crippen molar-refractivity contribution in [3.8, 4) is 11.4 Å². The molecule has 0 fully saturated rings. The van der Waals surface area contributed by atoms with Gasteiger partial charge in [-0.1, -0.05) is 29.8 Å². The summed E-state index contributed by atoms with van der Waals surface area (Å²) in [4.78, 5) is 25.0. The Labute approximate surface area is 180 Å². The number of nitrogens with one attached hydrogen (secondary N) is 1. The maximum Gasteiger partial charge on any atom is 0.416 e. The summed E-state index contributed by atoms with van der Waals surface area (Å²) in [5.41, 5.74) is -0.397. The fourth-order valence-corrected chi connectivity index (χ4v) is 3.03. The van der Waals surface area contributed by atoms with Crippen molar-refractivity contribution in [2.45, 2.75) is 25.8 Å². The fraction of sp³-hybridized carbons (Fsp3) is 0.190. The summed E-state index contributed by atoms with van der Waals surface area (Å²) in [6.45, 7) is 3.31. The van der Waals surface area contributed by atoms with Crippen LogP contribution in [0.2, 0.25) is 5.02 Å². The molecule has 31 heavy (non-hydrogen) atoms. The number of alkyl halides is 3. The molecule has 1 aromatic heterocycles. The molecule has 3 rings (SSSR count). The third kappa shape index (κ3) is 5.43. The maximum absolute atomic E-state index is 12.8. The van der Waals surface area contributed by atoms with E-state index in [0.29, 0.717) is 16.4 Å². The summed E-state index contributed by atoms with van der Waals surface area (Å²) in [6, 6.07) is 11.4. The van der Waals surface area contributed by atoms with Crippen molar-refractivity contribution < 1.29 is 18.0 Å². The van der Waals surface area contributed by atoms with Crippen molar-refractivity contribution in [3.05, 3.63) is 87.8 Å². The van der Waals surface area contributed by atoms with Gasteiger partial charge in [0.15, 0.2) is 5.82 Å². The van der Waals surface area contributed by atoms with E-state index in [0.717, 1.165) is 16.8 Å². The summed E-state index contributed by atoms with van der Waals surface area (Å²) >= 11 is 5.90. The summed E-state index contributed by atoms with van der Waals surface area (Å²) in [5, 5.41) is 7.27. The number of nitrogens with zero attached hydrogens (tertiary/aromatic N) is 3. The topological polar surface area (TPSA) is 68.9 Å². The van der Waals surface area contributed by atoms with Gasteiger partial charge in [-0.05, 0) is 42.0 Å². The van der Waals surface area contributed by atoms with Gasteiger partial charge in [0.05, 0.1) is 5.56 Å². The second-order valence-corrected chi connectivity index (χ2v) is 7.08. The van der Waals surface area contributed by atoms with E-state index in [1.165, 1.54) is 22.8 Å². The van der Waals surface area contributed by atoms with Gasteiger partial charge in [-0.2, -0.15) is 13.2 Å². The highest BCUT2D eigenvalue weighted by atomic mass is 35.5. The molecule has 0 saturated carbocycles. The third-order valence-corrected chi connectivity index (χ3v) is 4.63. The Balaban J connectivity index is 1.76. The molecule has 0 bridgehead atoms. The van der Waals surface area contributed by atoms with Crippen LogP contribution in [0.15, 0.2) is 66.0 Å². The van der Waals surface area contributed by atoms with Crippen LogP contribution < -0.4 is 11.0 Å². The van der Waals surface area contributed by atoms with Crippen molar-refractivity contribution in [3.63, 3.8) is 0 Å². The minimum atomic E-state index is -4.47. The van der Waals surface area contributed by atoms with Crippen LogP contribution in [0.1, 0.15) is 11.1 Å². The molecule has 0 saturated heterocycles. The first-order valence-corrected chi connectivity index (χ1v) is 9.54. The molecule has 2 aromatic carbocycles. The van der Waals surface area contributed by atoms with Crippen molar-refractivity contribution in [2.24, 2.45) is 0 Å². The van der Waals surface area contributed by atoms with E-state index in [1.54, 1.807) is 24.3 Å². The van der Waals surface area contributed by atoms with Gasteiger partial charge in [0.1, 0.15) is 6.54 Å². The number of allylic oxidation sites excluding steroid dienone is 1. The molecule has 0 atom stereocenters. The lowest BCUT2D eigenvalue weighted by molar-refractivity contribution is -0.137. The number of aromatic nitrogens is 3. The number of amides is 1. The number of benzene rings is 2. The number of carbonyl (C=O) groups is 1. The number of hydrogen-bond donors (Lipinski definition) is 1. The van der Waals surface area contributed by atoms with Crippen LogP contribution in [0, 0.1) is 0 Å². The van der Waals surface area contributed by atoms with Gasteiger partial charge < -0.3 is 5.32 Å². The zero-order chi connectivity index (χ0) is 22.6. The molecule has 162 valence electrons. The Kier molecular flexibility index (Phi) is 6.65. The highest BCUT2D eigenvalue weighted by Gasteiger charge is 2.30. The van der Waals surface area contributed by atoms with E-state index in [9.17, 15) is 22.8 Å². The van der Waals surface area contributed by atoms with Gasteiger partial charge in [-0.3, -0.25) is 9.36 Å². The molecule has 0 aliphatic heterocycles. The van der Waals surface area contributed by atoms with E-state index in [1.807, 2.05) is 0 Å². The fourth-order valence-electron chi connectivity index (χ4n) is 2.90. The number of halogens is 4. The van der Waals surface area contributed by atoms with Gasteiger partial charge >= 0.3 is 11.9 Å². The molecule has 3 aromatic rings. The van der Waals surface area contributed by atoms with Crippen molar-refractivity contribution >= 4 is 17.5 Å². The number of carbonyl (C=O) groups excluding carboxylic acids is 1. The van der Waals surface area contributed by atoms with Crippen molar-refractivity contribution in [2.75, 3.05) is 0 Å². The van der Waals surface area contributed by atoms with Crippen LogP contribution in [-0.2, 0) is 30.6 Å². The second-order valence-electron chi connectivity index (χ2n) is 6.64. The normalized spacial score (nSPS) is 11.4. The lowest BCUT2D eigenvalue weighted by Crippen LogP contribution is -2.33. The minimum Gasteiger partial charge on any atom is -0.350 e. The molecule has 1 N–H and O–H groups in total. The van der Waals surface area contributed by atoms with Crippen molar-refractivity contribution in [1.82, 2.24) is 19.7 Å². The Bertz CT molecular complexity index is 1150. The highest BCUT2D eigenvalue weighted by Crippen LogP contribution is 2.29. The zero-order valence-corrected chi connectivity index (χ0v) is 17.0. The Morgan fingerprint density at radius 3 is 2.55 bits per heavy atom. The summed E-state index contributed by atoms with van der Waals surface area (Å²) < 4.78 is 40.8. The second kappa shape index (κ2) is 9.22. The van der Waals surface area contributed by atoms with Gasteiger partial charge in [0, 0.05) is 23.7 Å².